The van der Waals surface area contributed by atoms with Crippen molar-refractivity contribution in [2.45, 2.75) is 38.6 Å². The molecule has 0 fully saturated rings. The zero-order valence-corrected chi connectivity index (χ0v) is 11.6. The second kappa shape index (κ2) is 6.05. The summed E-state index contributed by atoms with van der Waals surface area (Å²) in [5.41, 5.74) is 7.88. The highest BCUT2D eigenvalue weighted by molar-refractivity contribution is 5.99. The van der Waals surface area contributed by atoms with Crippen LogP contribution in [0.15, 0.2) is 18.2 Å². The summed E-state index contributed by atoms with van der Waals surface area (Å²) in [6.07, 6.45) is 3.16. The van der Waals surface area contributed by atoms with Crippen LogP contribution in [-0.2, 0) is 11.2 Å². The summed E-state index contributed by atoms with van der Waals surface area (Å²) in [5, 5.41) is 9.02. The largest absolute Gasteiger partial charge is 0.478 e. The standard InChI is InChI=1S/C15H20N2O3/c1-2-4-12(16)14(18)17-8-3-5-10-9-11(15(19)20)6-7-13(10)17/h6-7,9,12H,2-5,8,16H2,1H3,(H,19,20)/t12-/m1/s1. The lowest BCUT2D eigenvalue weighted by molar-refractivity contribution is -0.120. The smallest absolute Gasteiger partial charge is 0.335 e. The van der Waals surface area contributed by atoms with Crippen LogP contribution in [-0.4, -0.2) is 29.6 Å². The Hall–Kier alpha value is -1.88. The topological polar surface area (TPSA) is 83.6 Å². The number of nitrogens with zero attached hydrogens (tertiary/aromatic N) is 1. The fourth-order valence-corrected chi connectivity index (χ4v) is 2.59. The van der Waals surface area contributed by atoms with Gasteiger partial charge in [0, 0.05) is 12.2 Å². The number of carbonyl (C=O) groups excluding carboxylic acids is 1. The molecule has 0 unspecified atom stereocenters. The van der Waals surface area contributed by atoms with E-state index >= 15 is 0 Å². The lowest BCUT2D eigenvalue weighted by Crippen LogP contribution is -2.46. The van der Waals surface area contributed by atoms with Gasteiger partial charge in [-0.15, -0.1) is 0 Å². The van der Waals surface area contributed by atoms with Crippen LogP contribution in [0.25, 0.3) is 0 Å². The van der Waals surface area contributed by atoms with Crippen molar-refractivity contribution in [3.63, 3.8) is 0 Å². The molecule has 1 aliphatic heterocycles. The summed E-state index contributed by atoms with van der Waals surface area (Å²) in [5.74, 6) is -1.02. The van der Waals surface area contributed by atoms with Gasteiger partial charge < -0.3 is 15.7 Å². The molecule has 2 rings (SSSR count). The van der Waals surface area contributed by atoms with Gasteiger partial charge in [0.15, 0.2) is 0 Å². The number of hydrogen-bond donors (Lipinski definition) is 2. The molecule has 5 heteroatoms. The van der Waals surface area contributed by atoms with Crippen LogP contribution in [0.1, 0.15) is 42.1 Å². The maximum atomic E-state index is 12.4. The van der Waals surface area contributed by atoms with Gasteiger partial charge in [0.1, 0.15) is 0 Å². The molecule has 1 heterocycles. The van der Waals surface area contributed by atoms with Gasteiger partial charge in [0.25, 0.3) is 0 Å². The summed E-state index contributed by atoms with van der Waals surface area (Å²) in [4.78, 5) is 25.0. The van der Waals surface area contributed by atoms with E-state index in [0.29, 0.717) is 13.0 Å². The maximum Gasteiger partial charge on any atom is 0.335 e. The van der Waals surface area contributed by atoms with Gasteiger partial charge in [-0.05, 0) is 43.0 Å². The highest BCUT2D eigenvalue weighted by Crippen LogP contribution is 2.28. The molecule has 0 radical (unpaired) electrons. The van der Waals surface area contributed by atoms with Crippen LogP contribution in [0.2, 0.25) is 0 Å². The first-order chi connectivity index (χ1) is 9.54. The predicted octanol–water partition coefficient (Wildman–Crippen LogP) is 1.79. The fraction of sp³-hybridized carbons (Fsp3) is 0.467. The predicted molar refractivity (Wildman–Crippen MR) is 77.0 cm³/mol. The number of rotatable bonds is 4. The van der Waals surface area contributed by atoms with E-state index in [1.807, 2.05) is 6.92 Å². The molecule has 3 N–H and O–H groups in total. The number of carboxylic acid groups (broad SMARTS) is 1. The number of nitrogens with two attached hydrogens (primary N) is 1. The molecule has 1 atom stereocenters. The second-order valence-corrected chi connectivity index (χ2v) is 5.14. The number of hydrogen-bond acceptors (Lipinski definition) is 3. The van der Waals surface area contributed by atoms with Crippen molar-refractivity contribution in [3.8, 4) is 0 Å². The number of amides is 1. The normalized spacial score (nSPS) is 15.6. The molecule has 1 aromatic carbocycles. The average Bonchev–Trinajstić information content (AvgIpc) is 2.45. The molecule has 1 aromatic rings. The van der Waals surface area contributed by atoms with Crippen LogP contribution >= 0.6 is 0 Å². The maximum absolute atomic E-state index is 12.4. The minimum atomic E-state index is -0.945. The third-order valence-corrected chi connectivity index (χ3v) is 3.63. The molecular formula is C15H20N2O3. The molecule has 108 valence electrons. The van der Waals surface area contributed by atoms with E-state index in [4.69, 9.17) is 10.8 Å². The van der Waals surface area contributed by atoms with Crippen LogP contribution in [0, 0.1) is 0 Å². The summed E-state index contributed by atoms with van der Waals surface area (Å²) in [6, 6.07) is 4.43. The molecular weight excluding hydrogens is 256 g/mol. The molecule has 0 saturated heterocycles. The Balaban J connectivity index is 2.28. The summed E-state index contributed by atoms with van der Waals surface area (Å²) < 4.78 is 0. The monoisotopic (exact) mass is 276 g/mol. The lowest BCUT2D eigenvalue weighted by Gasteiger charge is -2.31. The van der Waals surface area contributed by atoms with Crippen molar-refractivity contribution >= 4 is 17.6 Å². The van der Waals surface area contributed by atoms with Gasteiger partial charge in [0.05, 0.1) is 11.6 Å². The number of benzene rings is 1. The van der Waals surface area contributed by atoms with E-state index in [-0.39, 0.29) is 11.5 Å². The van der Waals surface area contributed by atoms with Gasteiger partial charge in [0.2, 0.25) is 5.91 Å². The summed E-state index contributed by atoms with van der Waals surface area (Å²) >= 11 is 0. The number of carbonyl (C=O) groups is 2. The molecule has 20 heavy (non-hydrogen) atoms. The average molecular weight is 276 g/mol. The number of aromatic carboxylic acids is 1. The van der Waals surface area contributed by atoms with Crippen molar-refractivity contribution in [1.82, 2.24) is 0 Å². The third kappa shape index (κ3) is 2.82. The zero-order valence-electron chi connectivity index (χ0n) is 11.6. The van der Waals surface area contributed by atoms with E-state index in [0.717, 1.165) is 30.5 Å². The van der Waals surface area contributed by atoms with E-state index in [2.05, 4.69) is 0 Å². The Morgan fingerprint density at radius 3 is 2.85 bits per heavy atom. The van der Waals surface area contributed by atoms with Crippen molar-refractivity contribution in [2.24, 2.45) is 5.73 Å². The lowest BCUT2D eigenvalue weighted by atomic mass is 9.98. The molecule has 0 spiro atoms. The Bertz CT molecular complexity index is 528. The van der Waals surface area contributed by atoms with E-state index in [9.17, 15) is 9.59 Å². The first kappa shape index (κ1) is 14.5. The van der Waals surface area contributed by atoms with E-state index in [1.54, 1.807) is 17.0 Å². The summed E-state index contributed by atoms with van der Waals surface area (Å²) in [6.45, 7) is 2.64. The van der Waals surface area contributed by atoms with E-state index in [1.165, 1.54) is 6.07 Å². The summed E-state index contributed by atoms with van der Waals surface area (Å²) in [7, 11) is 0. The number of carboxylic acids is 1. The number of aryl methyl sites for hydroxylation is 1. The Morgan fingerprint density at radius 1 is 1.45 bits per heavy atom. The van der Waals surface area contributed by atoms with Crippen molar-refractivity contribution in [2.75, 3.05) is 11.4 Å². The Morgan fingerprint density at radius 2 is 2.20 bits per heavy atom. The van der Waals surface area contributed by atoms with Gasteiger partial charge >= 0.3 is 5.97 Å². The zero-order chi connectivity index (χ0) is 14.7. The molecule has 1 amide bonds. The van der Waals surface area contributed by atoms with Crippen LogP contribution in [0.5, 0.6) is 0 Å². The van der Waals surface area contributed by atoms with Crippen LogP contribution in [0.4, 0.5) is 5.69 Å². The molecule has 0 bridgehead atoms. The van der Waals surface area contributed by atoms with Crippen LogP contribution < -0.4 is 10.6 Å². The minimum Gasteiger partial charge on any atom is -0.478 e. The van der Waals surface area contributed by atoms with Crippen molar-refractivity contribution < 1.29 is 14.7 Å². The van der Waals surface area contributed by atoms with Crippen LogP contribution in [0.3, 0.4) is 0 Å². The second-order valence-electron chi connectivity index (χ2n) is 5.14. The quantitative estimate of drug-likeness (QED) is 0.878. The molecule has 0 aliphatic carbocycles. The van der Waals surface area contributed by atoms with Gasteiger partial charge in [-0.1, -0.05) is 13.3 Å². The Labute approximate surface area is 118 Å². The fourth-order valence-electron chi connectivity index (χ4n) is 2.59. The minimum absolute atomic E-state index is 0.0733. The SMILES string of the molecule is CCC[C@@H](N)C(=O)N1CCCc2cc(C(=O)O)ccc21. The van der Waals surface area contributed by atoms with E-state index < -0.39 is 12.0 Å². The van der Waals surface area contributed by atoms with Gasteiger partial charge in [-0.3, -0.25) is 4.79 Å². The van der Waals surface area contributed by atoms with Crippen molar-refractivity contribution in [3.05, 3.63) is 29.3 Å². The third-order valence-electron chi connectivity index (χ3n) is 3.63. The number of anilines is 1. The molecule has 0 saturated carbocycles. The first-order valence-corrected chi connectivity index (χ1v) is 6.97. The number of fused-ring (bicyclic) bond motifs is 1. The first-order valence-electron chi connectivity index (χ1n) is 6.97. The molecule has 5 nitrogen and oxygen atoms in total. The van der Waals surface area contributed by atoms with Gasteiger partial charge in [-0.25, -0.2) is 4.79 Å². The highest BCUT2D eigenvalue weighted by atomic mass is 16.4. The van der Waals surface area contributed by atoms with Gasteiger partial charge in [-0.2, -0.15) is 0 Å². The van der Waals surface area contributed by atoms with Crippen molar-refractivity contribution in [1.29, 1.82) is 0 Å². The highest BCUT2D eigenvalue weighted by Gasteiger charge is 2.26. The Kier molecular flexibility index (Phi) is 4.39. The molecule has 0 aromatic heterocycles. The molecule has 1 aliphatic rings.